The fraction of sp³-hybridized carbons (Fsp3) is 0.583. The number of hydrogen-bond donors (Lipinski definition) is 1. The van der Waals surface area contributed by atoms with Crippen LogP contribution in [0.5, 0.6) is 6.01 Å². The number of fused-ring (bicyclic) bond motifs is 1. The first-order chi connectivity index (χ1) is 17.1. The zero-order valence-electron chi connectivity index (χ0n) is 21.1. The Hall–Kier alpha value is -3.15. The number of nitrogens with zero attached hydrogens (tertiary/aromatic N) is 7. The van der Waals surface area contributed by atoms with Crippen LogP contribution in [0.25, 0.3) is 5.65 Å². The molecule has 0 aliphatic carbocycles. The highest BCUT2D eigenvalue weighted by atomic mass is 19.4. The van der Waals surface area contributed by atoms with Crippen LogP contribution in [0, 0.1) is 6.92 Å². The molecule has 1 atom stereocenters. The smallest absolute Gasteiger partial charge is 0.425 e. The van der Waals surface area contributed by atoms with Crippen LogP contribution < -0.4 is 15.4 Å². The molecular formula is C24H33F3N8O. The minimum Gasteiger partial charge on any atom is -0.449 e. The Kier molecular flexibility index (Phi) is 7.53. The molecule has 4 heterocycles. The maximum atomic E-state index is 13.3. The zero-order chi connectivity index (χ0) is 26.0. The van der Waals surface area contributed by atoms with Gasteiger partial charge in [-0.25, -0.2) is 14.5 Å². The molecule has 0 radical (unpaired) electrons. The molecule has 3 aromatic heterocycles. The second-order valence-electron chi connectivity index (χ2n) is 9.54. The minimum absolute atomic E-state index is 0.0468. The quantitative estimate of drug-likeness (QED) is 0.495. The van der Waals surface area contributed by atoms with Crippen molar-refractivity contribution in [3.05, 3.63) is 35.3 Å². The molecule has 0 unspecified atom stereocenters. The monoisotopic (exact) mass is 506 g/mol. The third kappa shape index (κ3) is 5.63. The topological polar surface area (TPSA) is 97.7 Å². The Labute approximate surface area is 208 Å². The number of rotatable bonds is 8. The Bertz CT molecular complexity index is 1190. The lowest BCUT2D eigenvalue weighted by Crippen LogP contribution is -2.42. The van der Waals surface area contributed by atoms with Crippen molar-refractivity contribution in [1.82, 2.24) is 29.5 Å². The van der Waals surface area contributed by atoms with Gasteiger partial charge < -0.3 is 20.3 Å². The number of aromatic nitrogens is 5. The summed E-state index contributed by atoms with van der Waals surface area (Å²) in [6, 6.07) is 2.23. The van der Waals surface area contributed by atoms with E-state index in [-0.39, 0.29) is 17.9 Å². The van der Waals surface area contributed by atoms with Crippen LogP contribution in [0.4, 0.5) is 24.8 Å². The van der Waals surface area contributed by atoms with Gasteiger partial charge in [-0.2, -0.15) is 18.2 Å². The summed E-state index contributed by atoms with van der Waals surface area (Å²) >= 11 is 0. The lowest BCUT2D eigenvalue weighted by Gasteiger charge is -2.36. The molecule has 9 nitrogen and oxygen atoms in total. The van der Waals surface area contributed by atoms with Crippen molar-refractivity contribution in [3.8, 4) is 6.01 Å². The van der Waals surface area contributed by atoms with Gasteiger partial charge in [0, 0.05) is 31.7 Å². The van der Waals surface area contributed by atoms with Crippen molar-refractivity contribution < 1.29 is 17.9 Å². The molecule has 36 heavy (non-hydrogen) atoms. The third-order valence-electron chi connectivity index (χ3n) is 6.59. The van der Waals surface area contributed by atoms with Crippen LogP contribution in [-0.2, 0) is 6.42 Å². The van der Waals surface area contributed by atoms with Gasteiger partial charge in [0.25, 0.3) is 0 Å². The first-order valence-electron chi connectivity index (χ1n) is 12.2. The molecule has 2 N–H and O–H groups in total. The number of pyridine rings is 1. The molecule has 0 aromatic carbocycles. The van der Waals surface area contributed by atoms with E-state index in [9.17, 15) is 13.2 Å². The van der Waals surface area contributed by atoms with Gasteiger partial charge in [0.05, 0.1) is 11.9 Å². The number of halogens is 3. The summed E-state index contributed by atoms with van der Waals surface area (Å²) in [6.07, 6.45) is -0.421. The number of anilines is 2. The van der Waals surface area contributed by atoms with Gasteiger partial charge in [-0.3, -0.25) is 0 Å². The van der Waals surface area contributed by atoms with Crippen molar-refractivity contribution in [1.29, 1.82) is 0 Å². The average molecular weight is 507 g/mol. The summed E-state index contributed by atoms with van der Waals surface area (Å²) in [6.45, 7) is 5.61. The SMILES string of the molecule is CCC[C@H](Oc1nc(N)c2ncc(Cc3cnc(N4CCC(N(C)C)CC4)c(C)c3)n2n1)C(F)(F)F. The highest BCUT2D eigenvalue weighted by Gasteiger charge is 2.41. The number of alkyl halides is 3. The molecule has 0 spiro atoms. The second kappa shape index (κ2) is 10.5. The van der Waals surface area contributed by atoms with Gasteiger partial charge in [-0.05, 0) is 51.4 Å². The van der Waals surface area contributed by atoms with E-state index < -0.39 is 18.3 Å². The number of piperidine rings is 1. The van der Waals surface area contributed by atoms with Gasteiger partial charge in [0.1, 0.15) is 5.82 Å². The Balaban J connectivity index is 1.53. The Morgan fingerprint density at radius 2 is 1.92 bits per heavy atom. The summed E-state index contributed by atoms with van der Waals surface area (Å²) < 4.78 is 46.5. The van der Waals surface area contributed by atoms with Crippen LogP contribution >= 0.6 is 0 Å². The molecule has 0 bridgehead atoms. The van der Waals surface area contributed by atoms with Crippen molar-refractivity contribution in [2.24, 2.45) is 0 Å². The summed E-state index contributed by atoms with van der Waals surface area (Å²) in [4.78, 5) is 17.5. The fourth-order valence-corrected chi connectivity index (χ4v) is 4.63. The predicted molar refractivity (Wildman–Crippen MR) is 131 cm³/mol. The second-order valence-corrected chi connectivity index (χ2v) is 9.54. The van der Waals surface area contributed by atoms with E-state index in [0.717, 1.165) is 42.9 Å². The molecule has 1 aliphatic heterocycles. The average Bonchev–Trinajstić information content (AvgIpc) is 3.21. The molecule has 3 aromatic rings. The maximum Gasteiger partial charge on any atom is 0.425 e. The number of hydrogen-bond acceptors (Lipinski definition) is 8. The van der Waals surface area contributed by atoms with Crippen LogP contribution in [-0.4, -0.2) is 75.0 Å². The Morgan fingerprint density at radius 3 is 2.53 bits per heavy atom. The first kappa shape index (κ1) is 25.9. The molecule has 4 rings (SSSR count). The summed E-state index contributed by atoms with van der Waals surface area (Å²) in [7, 11) is 4.23. The van der Waals surface area contributed by atoms with E-state index >= 15 is 0 Å². The zero-order valence-corrected chi connectivity index (χ0v) is 21.1. The van der Waals surface area contributed by atoms with Crippen molar-refractivity contribution >= 4 is 17.3 Å². The molecule has 1 aliphatic rings. The summed E-state index contributed by atoms with van der Waals surface area (Å²) in [5, 5.41) is 4.17. The summed E-state index contributed by atoms with van der Waals surface area (Å²) in [5.41, 5.74) is 8.86. The largest absolute Gasteiger partial charge is 0.449 e. The van der Waals surface area contributed by atoms with Gasteiger partial charge >= 0.3 is 12.2 Å². The number of aryl methyl sites for hydroxylation is 1. The Morgan fingerprint density at radius 1 is 1.19 bits per heavy atom. The minimum atomic E-state index is -4.53. The molecule has 1 saturated heterocycles. The highest BCUT2D eigenvalue weighted by Crippen LogP contribution is 2.28. The van der Waals surface area contributed by atoms with Crippen molar-refractivity contribution in [2.75, 3.05) is 37.8 Å². The van der Waals surface area contributed by atoms with E-state index in [1.54, 1.807) is 13.1 Å². The number of ether oxygens (including phenoxy) is 1. The molecule has 0 amide bonds. The van der Waals surface area contributed by atoms with Crippen LogP contribution in [0.1, 0.15) is 49.4 Å². The fourth-order valence-electron chi connectivity index (χ4n) is 4.63. The predicted octanol–water partition coefficient (Wildman–Crippen LogP) is 3.64. The number of nitrogens with two attached hydrogens (primary N) is 1. The normalized spacial score (nSPS) is 16.2. The maximum absolute atomic E-state index is 13.3. The van der Waals surface area contributed by atoms with E-state index in [4.69, 9.17) is 15.5 Å². The molecule has 1 fully saturated rings. The van der Waals surface area contributed by atoms with Gasteiger partial charge in [0.2, 0.25) is 0 Å². The standard InChI is InChI=1S/C24H33F3N8O/c1-5-6-19(24(25,26)27)36-23-31-20(28)22-30-14-18(35(22)32-23)12-16-11-15(2)21(29-13-16)34-9-7-17(8-10-34)33(3)4/h11,13-14,17,19H,5-10,12H2,1-4H3,(H2,28,31,32)/t19-/m0/s1. The molecular weight excluding hydrogens is 473 g/mol. The highest BCUT2D eigenvalue weighted by molar-refractivity contribution is 5.60. The van der Waals surface area contributed by atoms with Crippen molar-refractivity contribution in [2.45, 2.75) is 64.3 Å². The van der Waals surface area contributed by atoms with Gasteiger partial charge in [-0.1, -0.05) is 19.4 Å². The van der Waals surface area contributed by atoms with Crippen LogP contribution in [0.2, 0.25) is 0 Å². The van der Waals surface area contributed by atoms with E-state index in [0.29, 0.717) is 24.6 Å². The first-order valence-corrected chi connectivity index (χ1v) is 12.2. The van der Waals surface area contributed by atoms with Crippen LogP contribution in [0.3, 0.4) is 0 Å². The summed E-state index contributed by atoms with van der Waals surface area (Å²) in [5.74, 6) is 0.930. The van der Waals surface area contributed by atoms with Gasteiger partial charge in [0.15, 0.2) is 17.6 Å². The van der Waals surface area contributed by atoms with E-state index in [2.05, 4.69) is 45.0 Å². The number of imidazole rings is 1. The lowest BCUT2D eigenvalue weighted by atomic mass is 10.0. The molecule has 0 saturated carbocycles. The molecule has 12 heteroatoms. The third-order valence-corrected chi connectivity index (χ3v) is 6.59. The van der Waals surface area contributed by atoms with Gasteiger partial charge in [-0.15, -0.1) is 5.10 Å². The van der Waals surface area contributed by atoms with Crippen molar-refractivity contribution in [3.63, 3.8) is 0 Å². The molecule has 196 valence electrons. The van der Waals surface area contributed by atoms with E-state index in [1.807, 2.05) is 13.1 Å². The lowest BCUT2D eigenvalue weighted by molar-refractivity contribution is -0.198. The van der Waals surface area contributed by atoms with E-state index in [1.165, 1.54) is 4.52 Å². The number of nitrogen functional groups attached to an aromatic ring is 1. The van der Waals surface area contributed by atoms with Crippen LogP contribution in [0.15, 0.2) is 18.5 Å².